The molecule has 0 aliphatic carbocycles. The van der Waals surface area contributed by atoms with Crippen LogP contribution >= 0.6 is 11.8 Å². The zero-order valence-corrected chi connectivity index (χ0v) is 16.8. The van der Waals surface area contributed by atoms with Gasteiger partial charge < -0.3 is 19.0 Å². The van der Waals surface area contributed by atoms with Gasteiger partial charge >= 0.3 is 5.63 Å². The number of anilines is 1. The van der Waals surface area contributed by atoms with Gasteiger partial charge in [0.15, 0.2) is 0 Å². The van der Waals surface area contributed by atoms with E-state index in [0.717, 1.165) is 17.0 Å². The molecule has 1 aromatic carbocycles. The number of ether oxygens (including phenoxy) is 1. The normalized spacial score (nSPS) is 15.2. The maximum atomic E-state index is 12.8. The number of carbonyl (C=O) groups is 1. The number of amides is 1. The Morgan fingerprint density at radius 3 is 3.00 bits per heavy atom. The van der Waals surface area contributed by atoms with Crippen molar-refractivity contribution in [3.05, 3.63) is 88.3 Å². The first-order chi connectivity index (χ1) is 14.6. The number of carbonyl (C=O) groups excluding carboxylic acids is 1. The fourth-order valence-corrected chi connectivity index (χ4v) is 4.86. The number of aromatic nitrogens is 2. The van der Waals surface area contributed by atoms with Crippen LogP contribution < -0.4 is 15.7 Å². The van der Waals surface area contributed by atoms with Crippen molar-refractivity contribution < 1.29 is 13.9 Å². The smallest absolute Gasteiger partial charge is 0.349 e. The Hall–Kier alpha value is -3.52. The number of nitrogens with zero attached hydrogens (tertiary/aromatic N) is 2. The van der Waals surface area contributed by atoms with Gasteiger partial charge in [-0.1, -0.05) is 6.07 Å². The highest BCUT2D eigenvalue weighted by Crippen LogP contribution is 2.43. The maximum Gasteiger partial charge on any atom is 0.349 e. The number of hydrogen-bond donors (Lipinski definition) is 1. The molecule has 1 N–H and O–H groups in total. The predicted molar refractivity (Wildman–Crippen MR) is 115 cm³/mol. The fraction of sp³-hybridized carbons (Fsp3) is 0.136. The van der Waals surface area contributed by atoms with Crippen LogP contribution in [0.3, 0.4) is 0 Å². The van der Waals surface area contributed by atoms with Crippen LogP contribution in [0.1, 0.15) is 27.0 Å². The molecule has 1 aliphatic heterocycles. The number of fused-ring (bicyclic) bond motifs is 2. The molecular formula is C22H17N3O4S. The van der Waals surface area contributed by atoms with Crippen molar-refractivity contribution in [2.45, 2.75) is 11.1 Å². The molecule has 3 aromatic heterocycles. The Bertz CT molecular complexity index is 1310. The molecular weight excluding hydrogens is 402 g/mol. The Morgan fingerprint density at radius 1 is 1.30 bits per heavy atom. The molecule has 5 rings (SSSR count). The summed E-state index contributed by atoms with van der Waals surface area (Å²) in [6.07, 6.45) is 5.54. The van der Waals surface area contributed by atoms with Gasteiger partial charge in [0.05, 0.1) is 18.5 Å². The van der Waals surface area contributed by atoms with Crippen LogP contribution in [0.15, 0.2) is 70.3 Å². The largest absolute Gasteiger partial charge is 0.497 e. The molecule has 30 heavy (non-hydrogen) atoms. The van der Waals surface area contributed by atoms with Gasteiger partial charge in [0.1, 0.15) is 22.3 Å². The minimum Gasteiger partial charge on any atom is -0.497 e. The summed E-state index contributed by atoms with van der Waals surface area (Å²) < 4.78 is 12.6. The third kappa shape index (κ3) is 3.15. The van der Waals surface area contributed by atoms with Crippen molar-refractivity contribution in [2.24, 2.45) is 0 Å². The zero-order valence-electron chi connectivity index (χ0n) is 16.0. The van der Waals surface area contributed by atoms with Crippen LogP contribution in [0.5, 0.6) is 5.75 Å². The summed E-state index contributed by atoms with van der Waals surface area (Å²) in [7, 11) is 1.54. The highest BCUT2D eigenvalue weighted by atomic mass is 32.2. The van der Waals surface area contributed by atoms with Crippen LogP contribution in [0.4, 0.5) is 5.69 Å². The van der Waals surface area contributed by atoms with Gasteiger partial charge in [-0.15, -0.1) is 11.8 Å². The molecule has 0 unspecified atom stereocenters. The number of rotatable bonds is 4. The molecule has 0 fully saturated rings. The lowest BCUT2D eigenvalue weighted by atomic mass is 10.1. The first-order valence-corrected chi connectivity index (χ1v) is 10.3. The van der Waals surface area contributed by atoms with Crippen LogP contribution in [0, 0.1) is 0 Å². The van der Waals surface area contributed by atoms with E-state index >= 15 is 0 Å². The van der Waals surface area contributed by atoms with Gasteiger partial charge in [-0.05, 0) is 30.3 Å². The fourth-order valence-electron chi connectivity index (χ4n) is 3.55. The van der Waals surface area contributed by atoms with Crippen molar-refractivity contribution in [1.29, 1.82) is 0 Å². The molecule has 0 bridgehead atoms. The van der Waals surface area contributed by atoms with E-state index in [-0.39, 0.29) is 10.9 Å². The average Bonchev–Trinajstić information content (AvgIpc) is 3.36. The van der Waals surface area contributed by atoms with Crippen LogP contribution in [0.25, 0.3) is 11.0 Å². The average molecular weight is 419 g/mol. The van der Waals surface area contributed by atoms with Gasteiger partial charge in [0, 0.05) is 41.4 Å². The van der Waals surface area contributed by atoms with E-state index in [1.165, 1.54) is 7.11 Å². The summed E-state index contributed by atoms with van der Waals surface area (Å²) in [5.41, 5.74) is 2.43. The van der Waals surface area contributed by atoms with E-state index in [0.29, 0.717) is 22.4 Å². The quantitative estimate of drug-likeness (QED) is 0.503. The monoisotopic (exact) mass is 419 g/mol. The lowest BCUT2D eigenvalue weighted by Gasteiger charge is -2.12. The number of methoxy groups -OCH3 is 1. The SMILES string of the molecule is COc1ccc2cc(C(=O)Nc3ccn4c3CS[C@@H]4c3cccnc3)c(=O)oc2c1. The molecule has 0 saturated heterocycles. The van der Waals surface area contributed by atoms with Gasteiger partial charge in [-0.3, -0.25) is 9.78 Å². The number of benzene rings is 1. The lowest BCUT2D eigenvalue weighted by Crippen LogP contribution is -2.21. The van der Waals surface area contributed by atoms with E-state index in [4.69, 9.17) is 9.15 Å². The van der Waals surface area contributed by atoms with Crippen LogP contribution in [-0.2, 0) is 5.75 Å². The maximum absolute atomic E-state index is 12.8. The second kappa shape index (κ2) is 7.38. The summed E-state index contributed by atoms with van der Waals surface area (Å²) in [5.74, 6) is 0.826. The predicted octanol–water partition coefficient (Wildman–Crippen LogP) is 4.04. The standard InChI is InChI=1S/C22H17N3O4S/c1-28-15-5-4-13-9-16(22(27)29-19(13)10-15)20(26)24-17-6-8-25-18(17)12-30-21(25)14-3-2-7-23-11-14/h2-11,21H,12H2,1H3,(H,24,26)/t21-/m1/s1. The zero-order chi connectivity index (χ0) is 20.7. The Labute approximate surface area is 175 Å². The van der Waals surface area contributed by atoms with Crippen molar-refractivity contribution in [3.8, 4) is 5.75 Å². The summed E-state index contributed by atoms with van der Waals surface area (Å²) in [4.78, 5) is 29.4. The molecule has 0 saturated carbocycles. The summed E-state index contributed by atoms with van der Waals surface area (Å²) in [6, 6.07) is 12.5. The summed E-state index contributed by atoms with van der Waals surface area (Å²) in [6.45, 7) is 0. The van der Waals surface area contributed by atoms with E-state index in [2.05, 4.69) is 14.9 Å². The number of thioether (sulfide) groups is 1. The number of pyridine rings is 1. The highest BCUT2D eigenvalue weighted by Gasteiger charge is 2.27. The topological polar surface area (TPSA) is 86.4 Å². The minimum atomic E-state index is -0.688. The van der Waals surface area contributed by atoms with E-state index in [1.807, 2.05) is 30.6 Å². The van der Waals surface area contributed by atoms with Crippen LogP contribution in [-0.4, -0.2) is 22.6 Å². The van der Waals surface area contributed by atoms with Crippen LogP contribution in [0.2, 0.25) is 0 Å². The lowest BCUT2D eigenvalue weighted by molar-refractivity contribution is 0.102. The molecule has 4 aromatic rings. The van der Waals surface area contributed by atoms with Crippen molar-refractivity contribution >= 4 is 34.3 Å². The molecule has 7 nitrogen and oxygen atoms in total. The summed E-state index contributed by atoms with van der Waals surface area (Å²) in [5, 5.41) is 3.62. The van der Waals surface area contributed by atoms with Gasteiger partial charge in [0.25, 0.3) is 5.91 Å². The molecule has 1 aliphatic rings. The van der Waals surface area contributed by atoms with Gasteiger partial charge in [-0.25, -0.2) is 4.79 Å². The minimum absolute atomic E-state index is 0.0397. The molecule has 1 amide bonds. The molecule has 0 spiro atoms. The highest BCUT2D eigenvalue weighted by molar-refractivity contribution is 7.99. The number of hydrogen-bond acceptors (Lipinski definition) is 6. The summed E-state index contributed by atoms with van der Waals surface area (Å²) >= 11 is 1.76. The number of nitrogens with one attached hydrogen (secondary N) is 1. The Morgan fingerprint density at radius 2 is 2.20 bits per heavy atom. The molecule has 8 heteroatoms. The van der Waals surface area contributed by atoms with E-state index in [1.54, 1.807) is 42.2 Å². The Balaban J connectivity index is 1.43. The molecule has 1 atom stereocenters. The Kier molecular flexibility index (Phi) is 4.55. The third-order valence-corrected chi connectivity index (χ3v) is 6.32. The van der Waals surface area contributed by atoms with Gasteiger partial charge in [-0.2, -0.15) is 0 Å². The van der Waals surface area contributed by atoms with E-state index in [9.17, 15) is 9.59 Å². The molecule has 0 radical (unpaired) electrons. The second-order valence-electron chi connectivity index (χ2n) is 6.84. The van der Waals surface area contributed by atoms with Crippen molar-refractivity contribution in [2.75, 3.05) is 12.4 Å². The van der Waals surface area contributed by atoms with E-state index < -0.39 is 11.5 Å². The van der Waals surface area contributed by atoms with Gasteiger partial charge in [0.2, 0.25) is 0 Å². The first-order valence-electron chi connectivity index (χ1n) is 9.28. The molecule has 150 valence electrons. The van der Waals surface area contributed by atoms with Crippen molar-refractivity contribution in [3.63, 3.8) is 0 Å². The third-order valence-electron chi connectivity index (χ3n) is 5.06. The second-order valence-corrected chi connectivity index (χ2v) is 7.91. The molecule has 4 heterocycles. The van der Waals surface area contributed by atoms with Crippen molar-refractivity contribution in [1.82, 2.24) is 9.55 Å². The first kappa shape index (κ1) is 18.5.